The van der Waals surface area contributed by atoms with E-state index >= 15 is 0 Å². The summed E-state index contributed by atoms with van der Waals surface area (Å²) in [6.45, 7) is 0. The molecule has 0 atom stereocenters. The van der Waals surface area contributed by atoms with E-state index in [0.29, 0.717) is 0 Å². The number of anilines is 1. The molecule has 1 aromatic rings. The van der Waals surface area contributed by atoms with E-state index in [-0.39, 0.29) is 0 Å². The van der Waals surface area contributed by atoms with Crippen LogP contribution in [0.25, 0.3) is 22.4 Å². The first-order valence-corrected chi connectivity index (χ1v) is 3.42. The van der Waals surface area contributed by atoms with Gasteiger partial charge >= 0.3 is 0 Å². The molecule has 0 unspecified atom stereocenters. The standard InChI is InChI=1S/C8H5N3/c9-4-1-2-6-5(3-4)7-8(10-6)11-7/h1-3H,9H2. The van der Waals surface area contributed by atoms with Gasteiger partial charge in [-0.05, 0) is 18.2 Å². The number of nitrogen functional groups attached to an aromatic ring is 1. The Morgan fingerprint density at radius 2 is 2.09 bits per heavy atom. The van der Waals surface area contributed by atoms with Crippen molar-refractivity contribution in [3.63, 3.8) is 0 Å². The van der Waals surface area contributed by atoms with Crippen molar-refractivity contribution in [2.45, 2.75) is 0 Å². The molecular formula is C8H5N3. The molecule has 0 bridgehead atoms. The van der Waals surface area contributed by atoms with Gasteiger partial charge in [-0.25, -0.2) is 9.97 Å². The van der Waals surface area contributed by atoms with Gasteiger partial charge in [-0.1, -0.05) is 0 Å². The first kappa shape index (κ1) is 5.07. The Kier molecular flexibility index (Phi) is 0.619. The fourth-order valence-electron chi connectivity index (χ4n) is 1.29. The lowest BCUT2D eigenvalue weighted by Crippen LogP contribution is -1.82. The van der Waals surface area contributed by atoms with Crippen LogP contribution in [0.4, 0.5) is 5.69 Å². The molecule has 2 aliphatic rings. The van der Waals surface area contributed by atoms with Gasteiger partial charge in [-0.3, -0.25) is 0 Å². The highest BCUT2D eigenvalue weighted by Gasteiger charge is 2.22. The molecule has 1 aromatic carbocycles. The third-order valence-electron chi connectivity index (χ3n) is 1.88. The van der Waals surface area contributed by atoms with Gasteiger partial charge in [0, 0.05) is 11.1 Å². The minimum Gasteiger partial charge on any atom is -0.399 e. The molecule has 2 aliphatic heterocycles. The molecule has 0 spiro atoms. The summed E-state index contributed by atoms with van der Waals surface area (Å²) in [5.74, 6) is 0.880. The van der Waals surface area contributed by atoms with Crippen molar-refractivity contribution in [3.05, 3.63) is 18.2 Å². The number of rotatable bonds is 0. The van der Waals surface area contributed by atoms with Crippen LogP contribution in [0.5, 0.6) is 0 Å². The molecule has 11 heavy (non-hydrogen) atoms. The van der Waals surface area contributed by atoms with Crippen LogP contribution < -0.4 is 5.73 Å². The average molecular weight is 143 g/mol. The number of nitrogens with two attached hydrogens (primary N) is 1. The predicted octanol–water partition coefficient (Wildman–Crippen LogP) is 1.19. The van der Waals surface area contributed by atoms with E-state index in [1.165, 1.54) is 0 Å². The second kappa shape index (κ2) is 1.34. The molecule has 0 aromatic heterocycles. The Bertz CT molecular complexity index is 462. The number of hydrogen-bond acceptors (Lipinski definition) is 3. The number of nitrogens with zero attached hydrogens (tertiary/aromatic N) is 2. The third-order valence-corrected chi connectivity index (χ3v) is 1.88. The van der Waals surface area contributed by atoms with Gasteiger partial charge in [-0.2, -0.15) is 0 Å². The highest BCUT2D eigenvalue weighted by Crippen LogP contribution is 2.35. The van der Waals surface area contributed by atoms with Crippen LogP contribution in [0, 0.1) is 0 Å². The van der Waals surface area contributed by atoms with Crippen LogP contribution in [0.2, 0.25) is 0 Å². The maximum atomic E-state index is 5.61. The number of fused-ring (bicyclic) bond motifs is 3. The van der Waals surface area contributed by atoms with E-state index in [2.05, 4.69) is 9.97 Å². The van der Waals surface area contributed by atoms with E-state index in [1.807, 2.05) is 18.2 Å². The van der Waals surface area contributed by atoms with Crippen molar-refractivity contribution in [1.29, 1.82) is 0 Å². The Morgan fingerprint density at radius 1 is 1.18 bits per heavy atom. The molecule has 2 heterocycles. The summed E-state index contributed by atoms with van der Waals surface area (Å²) in [7, 11) is 0. The van der Waals surface area contributed by atoms with Crippen molar-refractivity contribution >= 4 is 16.6 Å². The van der Waals surface area contributed by atoms with Crippen LogP contribution in [0.3, 0.4) is 0 Å². The lowest BCUT2D eigenvalue weighted by Gasteiger charge is -1.90. The average Bonchev–Trinajstić information content (AvgIpc) is 2.67. The summed E-state index contributed by atoms with van der Waals surface area (Å²) in [5, 5.41) is 1.08. The SMILES string of the molecule is Nc1ccc2nc3nc-3c2c1. The molecule has 3 nitrogen and oxygen atoms in total. The highest BCUT2D eigenvalue weighted by molar-refractivity contribution is 6.00. The molecule has 0 saturated carbocycles. The van der Waals surface area contributed by atoms with Gasteiger partial charge < -0.3 is 5.73 Å². The zero-order valence-corrected chi connectivity index (χ0v) is 5.70. The van der Waals surface area contributed by atoms with Gasteiger partial charge in [0.1, 0.15) is 5.69 Å². The largest absolute Gasteiger partial charge is 0.399 e. The quantitative estimate of drug-likeness (QED) is 0.481. The van der Waals surface area contributed by atoms with Crippen molar-refractivity contribution in [1.82, 2.24) is 9.97 Å². The van der Waals surface area contributed by atoms with Crippen molar-refractivity contribution in [3.8, 4) is 11.5 Å². The summed E-state index contributed by atoms with van der Waals surface area (Å²) in [6, 6.07) is 5.69. The molecule has 0 saturated heterocycles. The minimum absolute atomic E-state index is 0.773. The van der Waals surface area contributed by atoms with E-state index < -0.39 is 0 Å². The van der Waals surface area contributed by atoms with Crippen molar-refractivity contribution in [2.75, 3.05) is 5.73 Å². The molecule has 3 rings (SSSR count). The summed E-state index contributed by atoms with van der Waals surface area (Å²) in [6.07, 6.45) is 0. The maximum absolute atomic E-state index is 5.61. The van der Waals surface area contributed by atoms with Gasteiger partial charge in [-0.15, -0.1) is 0 Å². The molecule has 52 valence electrons. The summed E-state index contributed by atoms with van der Waals surface area (Å²) in [4.78, 5) is 8.28. The zero-order valence-electron chi connectivity index (χ0n) is 5.70. The van der Waals surface area contributed by atoms with Gasteiger partial charge in [0.05, 0.1) is 5.52 Å². The third kappa shape index (κ3) is 0.526. The highest BCUT2D eigenvalue weighted by atomic mass is 15.0. The van der Waals surface area contributed by atoms with Crippen LogP contribution in [-0.4, -0.2) is 9.97 Å². The maximum Gasteiger partial charge on any atom is 0.180 e. The molecule has 0 amide bonds. The van der Waals surface area contributed by atoms with Gasteiger partial charge in [0.2, 0.25) is 0 Å². The Labute approximate surface area is 62.9 Å². The zero-order chi connectivity index (χ0) is 7.42. The predicted molar refractivity (Wildman–Crippen MR) is 42.9 cm³/mol. The number of aromatic nitrogens is 2. The van der Waals surface area contributed by atoms with E-state index in [9.17, 15) is 0 Å². The normalized spacial score (nSPS) is 12.0. The Hall–Kier alpha value is -1.64. The van der Waals surface area contributed by atoms with Gasteiger partial charge in [0.15, 0.2) is 5.82 Å². The van der Waals surface area contributed by atoms with Crippen molar-refractivity contribution in [2.24, 2.45) is 0 Å². The molecule has 2 N–H and O–H groups in total. The molecule has 0 fully saturated rings. The van der Waals surface area contributed by atoms with E-state index in [0.717, 1.165) is 28.1 Å². The lowest BCUT2D eigenvalue weighted by atomic mass is 10.2. The number of benzene rings is 1. The lowest BCUT2D eigenvalue weighted by molar-refractivity contribution is 1.46. The molecule has 0 radical (unpaired) electrons. The topological polar surface area (TPSA) is 51.8 Å². The fourth-order valence-corrected chi connectivity index (χ4v) is 1.29. The minimum atomic E-state index is 0.773. The van der Waals surface area contributed by atoms with Crippen LogP contribution in [0.1, 0.15) is 0 Å². The summed E-state index contributed by atoms with van der Waals surface area (Å²) >= 11 is 0. The first-order chi connectivity index (χ1) is 5.34. The summed E-state index contributed by atoms with van der Waals surface area (Å²) in [5.41, 5.74) is 8.40. The molecule has 3 heteroatoms. The van der Waals surface area contributed by atoms with Crippen LogP contribution in [-0.2, 0) is 0 Å². The van der Waals surface area contributed by atoms with E-state index in [4.69, 9.17) is 5.73 Å². The van der Waals surface area contributed by atoms with Crippen LogP contribution >= 0.6 is 0 Å². The Balaban J connectivity index is 2.53. The van der Waals surface area contributed by atoms with E-state index in [1.54, 1.807) is 0 Å². The summed E-state index contributed by atoms with van der Waals surface area (Å²) < 4.78 is 0. The molecule has 0 aliphatic carbocycles. The van der Waals surface area contributed by atoms with Gasteiger partial charge in [0.25, 0.3) is 0 Å². The smallest absolute Gasteiger partial charge is 0.180 e. The Morgan fingerprint density at radius 3 is 3.00 bits per heavy atom. The molecular weight excluding hydrogens is 138 g/mol. The van der Waals surface area contributed by atoms with Crippen molar-refractivity contribution < 1.29 is 0 Å². The number of hydrogen-bond donors (Lipinski definition) is 1. The monoisotopic (exact) mass is 143 g/mol. The fraction of sp³-hybridized carbons (Fsp3) is 0. The second-order valence-electron chi connectivity index (χ2n) is 2.67. The van der Waals surface area contributed by atoms with Crippen LogP contribution in [0.15, 0.2) is 18.2 Å². The first-order valence-electron chi connectivity index (χ1n) is 3.42. The second-order valence-corrected chi connectivity index (χ2v) is 2.67.